The summed E-state index contributed by atoms with van der Waals surface area (Å²) in [4.78, 5) is 1.50. The van der Waals surface area contributed by atoms with Gasteiger partial charge in [-0.25, -0.2) is 0 Å². The van der Waals surface area contributed by atoms with Gasteiger partial charge >= 0.3 is 0 Å². The van der Waals surface area contributed by atoms with Crippen molar-refractivity contribution in [2.24, 2.45) is 0 Å². The molecular formula is C13H24N2O+2. The molecule has 0 aliphatic rings. The summed E-state index contributed by atoms with van der Waals surface area (Å²) < 4.78 is 5.40. The zero-order chi connectivity index (χ0) is 11.8. The molecule has 3 heteroatoms. The van der Waals surface area contributed by atoms with E-state index in [1.54, 1.807) is 0 Å². The molecule has 0 atom stereocenters. The summed E-state index contributed by atoms with van der Waals surface area (Å²) in [6.45, 7) is 6.18. The topological polar surface area (TPSA) is 30.3 Å². The highest BCUT2D eigenvalue weighted by Crippen LogP contribution is 2.10. The highest BCUT2D eigenvalue weighted by Gasteiger charge is 1.98. The lowest BCUT2D eigenvalue weighted by Gasteiger charge is -2.07. The molecule has 0 aromatic heterocycles. The predicted octanol–water partition coefficient (Wildman–Crippen LogP) is -0.707. The van der Waals surface area contributed by atoms with Crippen LogP contribution in [0.25, 0.3) is 0 Å². The minimum atomic E-state index is 0.733. The predicted molar refractivity (Wildman–Crippen MR) is 65.8 cm³/mol. The zero-order valence-corrected chi connectivity index (χ0v) is 10.6. The monoisotopic (exact) mass is 224 g/mol. The molecule has 0 aliphatic carbocycles. The standard InChI is InChI=1S/C13H22N2O/c1-4-16-13-7-5-12(6-8-13)11-14-9-10-15(2)3/h5-8,14H,4,9-11H2,1-3H3/p+2. The molecule has 3 N–H and O–H groups in total. The van der Waals surface area contributed by atoms with Gasteiger partial charge < -0.3 is 15.0 Å². The van der Waals surface area contributed by atoms with E-state index in [4.69, 9.17) is 4.74 Å². The Bertz CT molecular complexity index is 282. The zero-order valence-electron chi connectivity index (χ0n) is 10.6. The van der Waals surface area contributed by atoms with Crippen molar-refractivity contribution in [2.75, 3.05) is 33.8 Å². The molecule has 0 spiro atoms. The maximum absolute atomic E-state index is 5.40. The number of likely N-dealkylation sites (N-methyl/N-ethyl adjacent to an activating group) is 1. The van der Waals surface area contributed by atoms with Gasteiger partial charge in [0.15, 0.2) is 0 Å². The number of rotatable bonds is 7. The van der Waals surface area contributed by atoms with Gasteiger partial charge in [0.05, 0.1) is 20.7 Å². The van der Waals surface area contributed by atoms with E-state index < -0.39 is 0 Å². The van der Waals surface area contributed by atoms with Gasteiger partial charge in [0.2, 0.25) is 0 Å². The number of quaternary nitrogens is 2. The molecule has 1 rings (SSSR count). The van der Waals surface area contributed by atoms with Crippen molar-refractivity contribution in [3.63, 3.8) is 0 Å². The second-order valence-corrected chi connectivity index (χ2v) is 4.32. The second kappa shape index (κ2) is 7.25. The third-order valence-electron chi connectivity index (χ3n) is 2.46. The minimum absolute atomic E-state index is 0.733. The van der Waals surface area contributed by atoms with Crippen molar-refractivity contribution in [1.82, 2.24) is 0 Å². The van der Waals surface area contributed by atoms with Crippen LogP contribution in [0.5, 0.6) is 5.75 Å². The lowest BCUT2D eigenvalue weighted by atomic mass is 10.2. The third-order valence-corrected chi connectivity index (χ3v) is 2.46. The lowest BCUT2D eigenvalue weighted by molar-refractivity contribution is -0.875. The third kappa shape index (κ3) is 5.14. The van der Waals surface area contributed by atoms with Gasteiger partial charge in [0.25, 0.3) is 0 Å². The van der Waals surface area contributed by atoms with Crippen LogP contribution in [0.1, 0.15) is 12.5 Å². The Kier molecular flexibility index (Phi) is 5.90. The smallest absolute Gasteiger partial charge is 0.126 e. The van der Waals surface area contributed by atoms with Crippen LogP contribution in [0.3, 0.4) is 0 Å². The van der Waals surface area contributed by atoms with Crippen LogP contribution >= 0.6 is 0 Å². The van der Waals surface area contributed by atoms with Gasteiger partial charge in [-0.2, -0.15) is 0 Å². The molecule has 0 amide bonds. The van der Waals surface area contributed by atoms with E-state index in [1.807, 2.05) is 19.1 Å². The molecule has 0 radical (unpaired) electrons. The number of nitrogens with two attached hydrogens (primary N) is 1. The molecule has 0 aliphatic heterocycles. The van der Waals surface area contributed by atoms with Gasteiger partial charge in [0, 0.05) is 5.56 Å². The maximum atomic E-state index is 5.40. The summed E-state index contributed by atoms with van der Waals surface area (Å²) in [7, 11) is 4.37. The Balaban J connectivity index is 2.26. The van der Waals surface area contributed by atoms with Gasteiger partial charge in [0.1, 0.15) is 25.4 Å². The van der Waals surface area contributed by atoms with Gasteiger partial charge in [-0.05, 0) is 31.2 Å². The van der Waals surface area contributed by atoms with E-state index >= 15 is 0 Å². The van der Waals surface area contributed by atoms with E-state index in [2.05, 4.69) is 31.5 Å². The van der Waals surface area contributed by atoms with Gasteiger partial charge in [-0.1, -0.05) is 0 Å². The Hall–Kier alpha value is -1.06. The summed E-state index contributed by atoms with van der Waals surface area (Å²) in [5.74, 6) is 0.962. The molecule has 0 bridgehead atoms. The summed E-state index contributed by atoms with van der Waals surface area (Å²) in [6.07, 6.45) is 0. The second-order valence-electron chi connectivity index (χ2n) is 4.32. The molecule has 1 aromatic rings. The fourth-order valence-electron chi connectivity index (χ4n) is 1.55. The first-order chi connectivity index (χ1) is 7.72. The highest BCUT2D eigenvalue weighted by molar-refractivity contribution is 5.26. The van der Waals surface area contributed by atoms with E-state index in [-0.39, 0.29) is 0 Å². The summed E-state index contributed by atoms with van der Waals surface area (Å²) in [6, 6.07) is 8.38. The minimum Gasteiger partial charge on any atom is -0.494 e. The van der Waals surface area contributed by atoms with Crippen LogP contribution in [-0.4, -0.2) is 33.8 Å². The number of ether oxygens (including phenoxy) is 1. The lowest BCUT2D eigenvalue weighted by Crippen LogP contribution is -3.09. The summed E-state index contributed by atoms with van der Waals surface area (Å²) in [5, 5.41) is 2.35. The van der Waals surface area contributed by atoms with E-state index in [9.17, 15) is 0 Å². The van der Waals surface area contributed by atoms with Crippen LogP contribution < -0.4 is 15.0 Å². The molecule has 1 aromatic carbocycles. The molecular weight excluding hydrogens is 200 g/mol. The molecule has 16 heavy (non-hydrogen) atoms. The van der Waals surface area contributed by atoms with Crippen molar-refractivity contribution in [3.05, 3.63) is 29.8 Å². The molecule has 0 fully saturated rings. The molecule has 0 saturated carbocycles. The molecule has 0 heterocycles. The Labute approximate surface area is 98.4 Å². The first-order valence-corrected chi connectivity index (χ1v) is 6.04. The highest BCUT2D eigenvalue weighted by atomic mass is 16.5. The fourth-order valence-corrected chi connectivity index (χ4v) is 1.55. The average molecular weight is 224 g/mol. The van der Waals surface area contributed by atoms with Gasteiger partial charge in [-0.15, -0.1) is 0 Å². The quantitative estimate of drug-likeness (QED) is 0.589. The maximum Gasteiger partial charge on any atom is 0.126 e. The van der Waals surface area contributed by atoms with Crippen LogP contribution in [0.15, 0.2) is 24.3 Å². The fraction of sp³-hybridized carbons (Fsp3) is 0.538. The average Bonchev–Trinajstić information content (AvgIpc) is 2.27. The number of hydrogen-bond acceptors (Lipinski definition) is 1. The van der Waals surface area contributed by atoms with Crippen LogP contribution in [0.4, 0.5) is 0 Å². The van der Waals surface area contributed by atoms with E-state index in [0.717, 1.165) is 18.9 Å². The van der Waals surface area contributed by atoms with Crippen LogP contribution in [0.2, 0.25) is 0 Å². The first kappa shape index (κ1) is 13.0. The number of benzene rings is 1. The van der Waals surface area contributed by atoms with E-state index in [1.165, 1.54) is 23.6 Å². The first-order valence-electron chi connectivity index (χ1n) is 6.04. The Morgan fingerprint density at radius 1 is 1.19 bits per heavy atom. The normalized spacial score (nSPS) is 10.8. The number of hydrogen-bond donors (Lipinski definition) is 2. The Morgan fingerprint density at radius 2 is 1.88 bits per heavy atom. The largest absolute Gasteiger partial charge is 0.494 e. The van der Waals surface area contributed by atoms with Crippen molar-refractivity contribution < 1.29 is 15.0 Å². The molecule has 0 unspecified atom stereocenters. The van der Waals surface area contributed by atoms with Crippen LogP contribution in [-0.2, 0) is 6.54 Å². The Morgan fingerprint density at radius 3 is 2.44 bits per heavy atom. The summed E-state index contributed by atoms with van der Waals surface area (Å²) >= 11 is 0. The SMILES string of the molecule is CCOc1ccc(C[NH2+]CC[NH+](C)C)cc1. The van der Waals surface area contributed by atoms with Crippen molar-refractivity contribution in [2.45, 2.75) is 13.5 Å². The molecule has 0 saturated heterocycles. The van der Waals surface area contributed by atoms with Gasteiger partial charge in [-0.3, -0.25) is 0 Å². The van der Waals surface area contributed by atoms with Crippen molar-refractivity contribution >= 4 is 0 Å². The molecule has 90 valence electrons. The molecule has 3 nitrogen and oxygen atoms in total. The van der Waals surface area contributed by atoms with Crippen molar-refractivity contribution in [3.8, 4) is 5.75 Å². The van der Waals surface area contributed by atoms with Crippen molar-refractivity contribution in [1.29, 1.82) is 0 Å². The van der Waals surface area contributed by atoms with E-state index in [0.29, 0.717) is 0 Å². The number of nitrogens with one attached hydrogen (secondary N) is 1. The van der Waals surface area contributed by atoms with Crippen LogP contribution in [0, 0.1) is 0 Å². The summed E-state index contributed by atoms with van der Waals surface area (Å²) in [5.41, 5.74) is 1.36.